The van der Waals surface area contributed by atoms with Gasteiger partial charge in [-0.3, -0.25) is 24.0 Å². The molecule has 0 bridgehead atoms. The summed E-state index contributed by atoms with van der Waals surface area (Å²) in [5.41, 5.74) is 7.37. The van der Waals surface area contributed by atoms with Crippen LogP contribution in [0.15, 0.2) is 36.5 Å². The quantitative estimate of drug-likeness (QED) is 0.0773. The lowest BCUT2D eigenvalue weighted by Crippen LogP contribution is -2.32. The van der Waals surface area contributed by atoms with E-state index in [1.165, 1.54) is 6.92 Å². The van der Waals surface area contributed by atoms with E-state index >= 15 is 0 Å². The van der Waals surface area contributed by atoms with Crippen LogP contribution in [0.1, 0.15) is 91.4 Å². The zero-order valence-electron chi connectivity index (χ0n) is 30.5. The number of hydroxylamine groups is 4. The van der Waals surface area contributed by atoms with E-state index < -0.39 is 35.8 Å². The summed E-state index contributed by atoms with van der Waals surface area (Å²) in [5.74, 6) is -2.40. The van der Waals surface area contributed by atoms with Gasteiger partial charge in [-0.2, -0.15) is 12.5 Å². The second kappa shape index (κ2) is 30.8. The SMILES string of the molecule is C=C(CCCC(C)=O)COC(=O)ON1C(=O)CCC1=O.C=C(CO)CCCC(C)=O.C=C(CO)CCN.CC(=O)ON1C(=O)CCC1=O.[2H]SC. The van der Waals surface area contributed by atoms with Gasteiger partial charge in [0.05, 0.1) is 13.2 Å². The number of carbonyl (C=O) groups is 8. The fourth-order valence-corrected chi connectivity index (χ4v) is 3.32. The molecule has 50 heavy (non-hydrogen) atoms. The molecule has 0 spiro atoms. The minimum absolute atomic E-state index is 0.0316. The van der Waals surface area contributed by atoms with Crippen molar-refractivity contribution in [1.29, 1.82) is 1.12 Å². The molecule has 0 unspecified atom stereocenters. The fourth-order valence-electron chi connectivity index (χ4n) is 3.32. The number of rotatable bonds is 16. The lowest BCUT2D eigenvalue weighted by molar-refractivity contribution is -0.195. The Morgan fingerprint density at radius 3 is 1.40 bits per heavy atom. The molecule has 284 valence electrons. The zero-order valence-corrected chi connectivity index (χ0v) is 30.3. The van der Waals surface area contributed by atoms with Crippen molar-refractivity contribution in [3.8, 4) is 0 Å². The summed E-state index contributed by atoms with van der Waals surface area (Å²) in [5, 5.41) is 17.8. The highest BCUT2D eigenvalue weighted by Gasteiger charge is 2.33. The van der Waals surface area contributed by atoms with Gasteiger partial charge in [0, 0.05) is 45.4 Å². The van der Waals surface area contributed by atoms with Crippen LogP contribution in [0, 0.1) is 0 Å². The Labute approximate surface area is 300 Å². The number of imide groups is 2. The number of hydrogen-bond acceptors (Lipinski definition) is 15. The van der Waals surface area contributed by atoms with E-state index in [4.69, 9.17) is 21.8 Å². The Balaban J connectivity index is -0.000000632. The molecule has 0 aliphatic carbocycles. The van der Waals surface area contributed by atoms with Crippen LogP contribution in [-0.4, -0.2) is 101 Å². The summed E-state index contributed by atoms with van der Waals surface area (Å²) in [6.45, 7) is 15.7. The van der Waals surface area contributed by atoms with Gasteiger partial charge < -0.3 is 35.1 Å². The van der Waals surface area contributed by atoms with Crippen LogP contribution in [0.25, 0.3) is 0 Å². The molecule has 16 nitrogen and oxygen atoms in total. The molecule has 0 saturated carbocycles. The van der Waals surface area contributed by atoms with Crippen molar-refractivity contribution in [2.45, 2.75) is 91.4 Å². The smallest absolute Gasteiger partial charge is 0.428 e. The maximum atomic E-state index is 11.3. The van der Waals surface area contributed by atoms with Gasteiger partial charge in [-0.05, 0) is 64.3 Å². The summed E-state index contributed by atoms with van der Waals surface area (Å²) in [4.78, 5) is 95.5. The molecule has 2 aliphatic heterocycles. The number of aliphatic hydroxyl groups excluding tert-OH is 2. The highest BCUT2D eigenvalue weighted by Crippen LogP contribution is 2.14. The van der Waals surface area contributed by atoms with Gasteiger partial charge in [-0.1, -0.05) is 35.9 Å². The Morgan fingerprint density at radius 1 is 0.720 bits per heavy atom. The highest BCUT2D eigenvalue weighted by molar-refractivity contribution is 7.79. The van der Waals surface area contributed by atoms with Crippen molar-refractivity contribution in [3.05, 3.63) is 36.5 Å². The van der Waals surface area contributed by atoms with E-state index in [0.717, 1.165) is 49.9 Å². The third-order valence-electron chi connectivity index (χ3n) is 5.85. The number of Topliss-reactive ketones (excluding diaryl/α,β-unsaturated/α-hetero) is 2. The third-order valence-corrected chi connectivity index (χ3v) is 5.85. The predicted molar refractivity (Wildman–Crippen MR) is 186 cm³/mol. The number of nitrogens with zero attached hydrogens (tertiary/aromatic N) is 2. The number of amides is 4. The first kappa shape index (κ1) is 47.9. The summed E-state index contributed by atoms with van der Waals surface area (Å²) in [6, 6.07) is 0. The van der Waals surface area contributed by atoms with Crippen molar-refractivity contribution >= 4 is 59.9 Å². The van der Waals surface area contributed by atoms with E-state index in [2.05, 4.69) is 29.4 Å². The number of carbonyl (C=O) groups excluding carboxylic acids is 8. The lowest BCUT2D eigenvalue weighted by atomic mass is 10.1. The van der Waals surface area contributed by atoms with Crippen molar-refractivity contribution < 1.29 is 63.0 Å². The monoisotopic (exact) mass is 732 g/mol. The van der Waals surface area contributed by atoms with Crippen molar-refractivity contribution in [2.75, 3.05) is 32.6 Å². The fraction of sp³-hybridized carbons (Fsp3) is 0.576. The van der Waals surface area contributed by atoms with Crippen LogP contribution < -0.4 is 5.73 Å². The zero-order chi connectivity index (χ0) is 39.9. The van der Waals surface area contributed by atoms with Gasteiger partial charge in [0.25, 0.3) is 23.6 Å². The number of aliphatic hydroxyl groups is 2. The maximum absolute atomic E-state index is 11.3. The lowest BCUT2D eigenvalue weighted by Gasteiger charge is -2.12. The van der Waals surface area contributed by atoms with Crippen LogP contribution in [0.5, 0.6) is 0 Å². The number of hydrogen-bond donors (Lipinski definition) is 4. The second-order valence-electron chi connectivity index (χ2n) is 10.6. The third kappa shape index (κ3) is 27.7. The molecule has 2 fully saturated rings. The maximum Gasteiger partial charge on any atom is 0.534 e. The average molecular weight is 733 g/mol. The Morgan fingerprint density at radius 2 is 1.08 bits per heavy atom. The molecule has 2 rings (SSSR count). The van der Waals surface area contributed by atoms with Crippen LogP contribution in [-0.2, 0) is 48.0 Å². The normalized spacial score (nSPS) is 13.1. The minimum atomic E-state index is -1.12. The molecule has 0 aromatic rings. The molecule has 4 N–H and O–H groups in total. The van der Waals surface area contributed by atoms with Gasteiger partial charge in [0.15, 0.2) is 0 Å². The van der Waals surface area contributed by atoms with Gasteiger partial charge >= 0.3 is 12.1 Å². The predicted octanol–water partition coefficient (Wildman–Crippen LogP) is 2.86. The van der Waals surface area contributed by atoms with Crippen molar-refractivity contribution in [3.63, 3.8) is 0 Å². The average Bonchev–Trinajstić information content (AvgIpc) is 3.54. The van der Waals surface area contributed by atoms with Crippen LogP contribution in [0.4, 0.5) is 4.79 Å². The van der Waals surface area contributed by atoms with E-state index in [9.17, 15) is 38.4 Å². The first-order valence-electron chi connectivity index (χ1n) is 16.0. The molecule has 2 heterocycles. The first-order chi connectivity index (χ1) is 23.9. The molecule has 0 aromatic carbocycles. The summed E-state index contributed by atoms with van der Waals surface area (Å²) in [7, 11) is 0. The number of ketones is 2. The molecule has 0 atom stereocenters. The number of thiol groups is 1. The molecule has 17 heteroatoms. The molecule has 2 aliphatic rings. The Hall–Kier alpha value is -4.19. The Bertz CT molecular complexity index is 1180. The van der Waals surface area contributed by atoms with Crippen LogP contribution >= 0.6 is 12.5 Å². The molecule has 0 aromatic heterocycles. The van der Waals surface area contributed by atoms with E-state index in [1.807, 2.05) is 0 Å². The molecular formula is C33H53N3O13S. The topological polar surface area (TPSA) is 237 Å². The highest BCUT2D eigenvalue weighted by atomic mass is 32.1. The molecular weight excluding hydrogens is 678 g/mol. The van der Waals surface area contributed by atoms with Gasteiger partial charge in [-0.25, -0.2) is 9.59 Å². The van der Waals surface area contributed by atoms with Crippen molar-refractivity contribution in [1.82, 2.24) is 10.1 Å². The first-order valence-corrected chi connectivity index (χ1v) is 16.4. The van der Waals surface area contributed by atoms with Gasteiger partial charge in [0.1, 0.15) is 19.3 Å². The molecule has 4 amide bonds. The largest absolute Gasteiger partial charge is 0.534 e. The van der Waals surface area contributed by atoms with Crippen LogP contribution in [0.2, 0.25) is 0 Å². The molecule has 2 saturated heterocycles. The van der Waals surface area contributed by atoms with Crippen molar-refractivity contribution in [2.24, 2.45) is 5.73 Å². The summed E-state index contributed by atoms with van der Waals surface area (Å²) < 4.78 is 10.9. The number of ether oxygens (including phenoxy) is 1. The van der Waals surface area contributed by atoms with E-state index in [1.54, 1.807) is 13.2 Å². The standard InChI is InChI=1S/C13H17NO6.C8H14O2.C6H7NO4.C5H11NO.CH4S/c1-9(4-3-5-10(2)15)8-19-13(18)20-14-11(16)6-7-12(14)17;1-7(6-9)4-3-5-8(2)10;1-4(8)11-7-5(9)2-3-6(7)10;1-5(4-7)2-3-6;1-2/h1,3-8H2,2H3;9H,1,3-6H2,2H3;2-3H2,1H3;7H,1-4,6H2;2H,1H3/i/hD. The van der Waals surface area contributed by atoms with E-state index in [-0.39, 0.29) is 57.1 Å². The van der Waals surface area contributed by atoms with Gasteiger partial charge in [-0.15, -0.1) is 5.06 Å². The Kier molecular flexibility index (Phi) is 29.6. The second-order valence-corrected chi connectivity index (χ2v) is 10.6. The summed E-state index contributed by atoms with van der Waals surface area (Å²) in [6.07, 6.45) is 5.44. The number of nitrogens with two attached hydrogens (primary N) is 1. The van der Waals surface area contributed by atoms with Crippen LogP contribution in [0.3, 0.4) is 0 Å². The summed E-state index contributed by atoms with van der Waals surface area (Å²) >= 11 is 1.000. The van der Waals surface area contributed by atoms with E-state index in [0.29, 0.717) is 47.9 Å². The molecule has 0 radical (unpaired) electrons. The van der Waals surface area contributed by atoms with Gasteiger partial charge in [0.2, 0.25) is 0 Å². The minimum Gasteiger partial charge on any atom is -0.428 e.